The van der Waals surface area contributed by atoms with Crippen LogP contribution in [0.4, 0.5) is 0 Å². The maximum Gasteiger partial charge on any atom is 0.211 e. The van der Waals surface area contributed by atoms with Crippen molar-refractivity contribution in [3.63, 3.8) is 0 Å². The van der Waals surface area contributed by atoms with Crippen molar-refractivity contribution in [1.29, 1.82) is 0 Å². The van der Waals surface area contributed by atoms with E-state index in [1.165, 1.54) is 10.6 Å². The fourth-order valence-electron chi connectivity index (χ4n) is 2.42. The summed E-state index contributed by atoms with van der Waals surface area (Å²) in [5.74, 6) is 0.278. The van der Waals surface area contributed by atoms with Gasteiger partial charge in [0.2, 0.25) is 10.0 Å². The van der Waals surface area contributed by atoms with E-state index in [4.69, 9.17) is 4.74 Å². The van der Waals surface area contributed by atoms with E-state index in [0.717, 1.165) is 5.69 Å². The number of nitrogens with zero attached hydrogens (tertiary/aromatic N) is 2. The summed E-state index contributed by atoms with van der Waals surface area (Å²) in [4.78, 5) is 4.33. The van der Waals surface area contributed by atoms with Gasteiger partial charge in [-0.2, -0.15) is 0 Å². The average molecular weight is 270 g/mol. The van der Waals surface area contributed by atoms with Crippen molar-refractivity contribution in [2.75, 3.05) is 33.1 Å². The molecule has 1 aliphatic heterocycles. The van der Waals surface area contributed by atoms with Crippen LogP contribution in [-0.2, 0) is 14.8 Å². The Balaban J connectivity index is 2.23. The SMILES string of the molecule is COC[C@@H]1CN(S(C)(=O)=O)C[C@H]1c1ccccn1. The molecule has 0 aromatic carbocycles. The van der Waals surface area contributed by atoms with Crippen molar-refractivity contribution in [2.45, 2.75) is 5.92 Å². The minimum atomic E-state index is -3.14. The molecule has 0 radical (unpaired) electrons. The third-order valence-corrected chi connectivity index (χ3v) is 4.56. The first kappa shape index (κ1) is 13.5. The van der Waals surface area contributed by atoms with Crippen LogP contribution >= 0.6 is 0 Å². The summed E-state index contributed by atoms with van der Waals surface area (Å²) in [6.45, 7) is 1.55. The Hall–Kier alpha value is -0.980. The lowest BCUT2D eigenvalue weighted by Gasteiger charge is -2.16. The molecule has 0 saturated carbocycles. The Bertz CT molecular complexity index is 489. The van der Waals surface area contributed by atoms with Gasteiger partial charge in [-0.1, -0.05) is 6.07 Å². The zero-order chi connectivity index (χ0) is 13.2. The van der Waals surface area contributed by atoms with E-state index < -0.39 is 10.0 Å². The summed E-state index contributed by atoms with van der Waals surface area (Å²) >= 11 is 0. The number of hydrogen-bond acceptors (Lipinski definition) is 4. The Morgan fingerprint density at radius 3 is 2.78 bits per heavy atom. The van der Waals surface area contributed by atoms with E-state index in [1.807, 2.05) is 18.2 Å². The molecule has 2 atom stereocenters. The second-order valence-electron chi connectivity index (χ2n) is 4.66. The van der Waals surface area contributed by atoms with E-state index in [1.54, 1.807) is 13.3 Å². The lowest BCUT2D eigenvalue weighted by atomic mass is 9.93. The molecule has 2 heterocycles. The molecular formula is C12H18N2O3S. The van der Waals surface area contributed by atoms with Gasteiger partial charge < -0.3 is 4.74 Å². The Labute approximate surface area is 108 Å². The molecular weight excluding hydrogens is 252 g/mol. The van der Waals surface area contributed by atoms with E-state index in [0.29, 0.717) is 19.7 Å². The number of ether oxygens (including phenoxy) is 1. The van der Waals surface area contributed by atoms with Gasteiger partial charge in [-0.3, -0.25) is 4.98 Å². The molecule has 0 unspecified atom stereocenters. The van der Waals surface area contributed by atoms with Crippen LogP contribution in [0.15, 0.2) is 24.4 Å². The molecule has 0 amide bonds. The van der Waals surface area contributed by atoms with Gasteiger partial charge in [0.15, 0.2) is 0 Å². The van der Waals surface area contributed by atoms with Crippen LogP contribution in [0.25, 0.3) is 0 Å². The van der Waals surface area contributed by atoms with Gasteiger partial charge in [-0.15, -0.1) is 0 Å². The smallest absolute Gasteiger partial charge is 0.211 e. The van der Waals surface area contributed by atoms with Crippen LogP contribution in [0.1, 0.15) is 11.6 Å². The maximum absolute atomic E-state index is 11.6. The molecule has 1 aliphatic rings. The maximum atomic E-state index is 11.6. The predicted octanol–water partition coefficient (Wildman–Crippen LogP) is 0.703. The van der Waals surface area contributed by atoms with Crippen LogP contribution < -0.4 is 0 Å². The van der Waals surface area contributed by atoms with Gasteiger partial charge in [0.1, 0.15) is 0 Å². The van der Waals surface area contributed by atoms with Crippen molar-refractivity contribution in [3.05, 3.63) is 30.1 Å². The van der Waals surface area contributed by atoms with Gasteiger partial charge in [0.05, 0.1) is 12.9 Å². The van der Waals surface area contributed by atoms with E-state index in [2.05, 4.69) is 4.98 Å². The number of methoxy groups -OCH3 is 1. The van der Waals surface area contributed by atoms with E-state index in [9.17, 15) is 8.42 Å². The topological polar surface area (TPSA) is 59.5 Å². The van der Waals surface area contributed by atoms with Gasteiger partial charge >= 0.3 is 0 Å². The van der Waals surface area contributed by atoms with Crippen molar-refractivity contribution < 1.29 is 13.2 Å². The highest BCUT2D eigenvalue weighted by atomic mass is 32.2. The van der Waals surface area contributed by atoms with Crippen LogP contribution in [0.3, 0.4) is 0 Å². The number of rotatable bonds is 4. The van der Waals surface area contributed by atoms with Crippen LogP contribution in [0.5, 0.6) is 0 Å². The molecule has 18 heavy (non-hydrogen) atoms. The number of sulfonamides is 1. The van der Waals surface area contributed by atoms with Crippen LogP contribution in [0.2, 0.25) is 0 Å². The zero-order valence-corrected chi connectivity index (χ0v) is 11.4. The quantitative estimate of drug-likeness (QED) is 0.808. The summed E-state index contributed by atoms with van der Waals surface area (Å²) in [5, 5.41) is 0. The first-order valence-corrected chi connectivity index (χ1v) is 7.72. The normalized spacial score (nSPS) is 25.4. The molecule has 0 spiro atoms. The minimum Gasteiger partial charge on any atom is -0.384 e. The van der Waals surface area contributed by atoms with Crippen molar-refractivity contribution >= 4 is 10.0 Å². The number of pyridine rings is 1. The first-order valence-electron chi connectivity index (χ1n) is 5.87. The number of hydrogen-bond donors (Lipinski definition) is 0. The Morgan fingerprint density at radius 2 is 2.22 bits per heavy atom. The molecule has 1 aromatic rings. The minimum absolute atomic E-state index is 0.112. The van der Waals surface area contributed by atoms with Crippen LogP contribution in [-0.4, -0.2) is 50.8 Å². The second kappa shape index (κ2) is 5.34. The summed E-state index contributed by atoms with van der Waals surface area (Å²) in [5.41, 5.74) is 0.936. The Morgan fingerprint density at radius 1 is 1.44 bits per heavy atom. The highest BCUT2D eigenvalue weighted by Crippen LogP contribution is 2.32. The molecule has 100 valence electrons. The molecule has 0 bridgehead atoms. The zero-order valence-electron chi connectivity index (χ0n) is 10.6. The predicted molar refractivity (Wildman–Crippen MR) is 68.8 cm³/mol. The summed E-state index contributed by atoms with van der Waals surface area (Å²) in [6, 6.07) is 5.73. The lowest BCUT2D eigenvalue weighted by Crippen LogP contribution is -2.28. The summed E-state index contributed by atoms with van der Waals surface area (Å²) in [7, 11) is -1.51. The monoisotopic (exact) mass is 270 g/mol. The Kier molecular flexibility index (Phi) is 3.99. The third-order valence-electron chi connectivity index (χ3n) is 3.32. The number of aromatic nitrogens is 1. The molecule has 1 aromatic heterocycles. The molecule has 0 N–H and O–H groups in total. The van der Waals surface area contributed by atoms with Gasteiger partial charge in [-0.25, -0.2) is 12.7 Å². The lowest BCUT2D eigenvalue weighted by molar-refractivity contribution is 0.150. The highest BCUT2D eigenvalue weighted by molar-refractivity contribution is 7.88. The second-order valence-corrected chi connectivity index (χ2v) is 6.64. The molecule has 0 aliphatic carbocycles. The fourth-order valence-corrected chi connectivity index (χ4v) is 3.31. The molecule has 2 rings (SSSR count). The van der Waals surface area contributed by atoms with Crippen molar-refractivity contribution in [3.8, 4) is 0 Å². The van der Waals surface area contributed by atoms with Gasteiger partial charge in [0, 0.05) is 43.9 Å². The molecule has 5 nitrogen and oxygen atoms in total. The van der Waals surface area contributed by atoms with E-state index in [-0.39, 0.29) is 11.8 Å². The van der Waals surface area contributed by atoms with Crippen molar-refractivity contribution in [2.24, 2.45) is 5.92 Å². The highest BCUT2D eigenvalue weighted by Gasteiger charge is 2.38. The fraction of sp³-hybridized carbons (Fsp3) is 0.583. The van der Waals surface area contributed by atoms with Gasteiger partial charge in [0.25, 0.3) is 0 Å². The molecule has 1 fully saturated rings. The largest absolute Gasteiger partial charge is 0.384 e. The first-order chi connectivity index (χ1) is 8.52. The standard InChI is InChI=1S/C12H18N2O3S/c1-17-9-10-7-14(18(2,15)16)8-11(10)12-5-3-4-6-13-12/h3-6,10-11H,7-9H2,1-2H3/t10-,11+/m0/s1. The van der Waals surface area contributed by atoms with E-state index >= 15 is 0 Å². The van der Waals surface area contributed by atoms with Gasteiger partial charge in [-0.05, 0) is 12.1 Å². The third kappa shape index (κ3) is 2.88. The summed E-state index contributed by atoms with van der Waals surface area (Å²) in [6.07, 6.45) is 2.99. The summed E-state index contributed by atoms with van der Waals surface area (Å²) < 4.78 is 29.9. The average Bonchev–Trinajstić information content (AvgIpc) is 2.75. The van der Waals surface area contributed by atoms with Crippen LogP contribution in [0, 0.1) is 5.92 Å². The molecule has 6 heteroatoms. The van der Waals surface area contributed by atoms with Crippen molar-refractivity contribution in [1.82, 2.24) is 9.29 Å². The molecule has 1 saturated heterocycles.